The summed E-state index contributed by atoms with van der Waals surface area (Å²) in [4.78, 5) is 16.9. The molecule has 8 heteroatoms. The molecule has 2 aromatic rings. The fraction of sp³-hybridized carbons (Fsp3) is 0.647. The van der Waals surface area contributed by atoms with Crippen LogP contribution < -0.4 is 0 Å². The predicted molar refractivity (Wildman–Crippen MR) is 92.0 cm³/mol. The number of carbonyl (C=O) groups excluding carboxylic acids is 1. The first kappa shape index (κ1) is 16.3. The lowest BCUT2D eigenvalue weighted by atomic mass is 9.97. The Morgan fingerprint density at radius 3 is 2.84 bits per heavy atom. The van der Waals surface area contributed by atoms with Crippen LogP contribution in [-0.2, 0) is 13.6 Å². The van der Waals surface area contributed by atoms with Gasteiger partial charge in [0.05, 0.1) is 6.54 Å². The molecule has 1 amide bonds. The van der Waals surface area contributed by atoms with Crippen molar-refractivity contribution in [2.24, 2.45) is 7.05 Å². The Morgan fingerprint density at radius 1 is 1.24 bits per heavy atom. The Morgan fingerprint density at radius 2 is 2.08 bits per heavy atom. The number of likely N-dealkylation sites (tertiary alicyclic amines) is 2. The molecule has 0 spiro atoms. The highest BCUT2D eigenvalue weighted by atomic mass is 16.2. The second-order valence-corrected chi connectivity index (χ2v) is 7.08. The maximum atomic E-state index is 12.6. The highest BCUT2D eigenvalue weighted by Crippen LogP contribution is 2.27. The molecule has 0 saturated carbocycles. The highest BCUT2D eigenvalue weighted by Gasteiger charge is 2.29. The summed E-state index contributed by atoms with van der Waals surface area (Å²) >= 11 is 0. The summed E-state index contributed by atoms with van der Waals surface area (Å²) < 4.78 is 2.13. The molecule has 0 unspecified atom stereocenters. The summed E-state index contributed by atoms with van der Waals surface area (Å²) in [5.74, 6) is 2.28. The van der Waals surface area contributed by atoms with Crippen molar-refractivity contribution in [3.05, 3.63) is 29.6 Å². The Balaban J connectivity index is 1.46. The molecule has 25 heavy (non-hydrogen) atoms. The lowest BCUT2D eigenvalue weighted by Gasteiger charge is -2.32. The van der Waals surface area contributed by atoms with E-state index in [0.717, 1.165) is 50.7 Å². The first-order valence-electron chi connectivity index (χ1n) is 9.11. The van der Waals surface area contributed by atoms with E-state index in [0.29, 0.717) is 12.2 Å². The number of hydrogen-bond acceptors (Lipinski definition) is 5. The summed E-state index contributed by atoms with van der Waals surface area (Å²) in [5, 5.41) is 15.5. The van der Waals surface area contributed by atoms with E-state index < -0.39 is 0 Å². The van der Waals surface area contributed by atoms with Gasteiger partial charge in [-0.15, -0.1) is 10.2 Å². The topological polar surface area (TPSA) is 82.9 Å². The number of nitrogens with zero attached hydrogens (tertiary/aromatic N) is 6. The van der Waals surface area contributed by atoms with Gasteiger partial charge in [-0.3, -0.25) is 14.8 Å². The SMILES string of the molecule is Cn1c(CN2CCCC2)nnc1[C@H]1CCCN(C(=O)c2ccn[nH]2)C1. The van der Waals surface area contributed by atoms with Crippen LogP contribution in [0.4, 0.5) is 0 Å². The van der Waals surface area contributed by atoms with Crippen LogP contribution in [-0.4, -0.2) is 66.8 Å². The molecule has 0 aliphatic carbocycles. The number of H-pyrrole nitrogens is 1. The predicted octanol–water partition coefficient (Wildman–Crippen LogP) is 1.15. The second-order valence-electron chi connectivity index (χ2n) is 7.08. The molecule has 2 fully saturated rings. The zero-order chi connectivity index (χ0) is 17.2. The normalized spacial score (nSPS) is 21.8. The van der Waals surface area contributed by atoms with Crippen molar-refractivity contribution in [3.63, 3.8) is 0 Å². The number of piperidine rings is 1. The minimum atomic E-state index is 0.0154. The minimum absolute atomic E-state index is 0.0154. The van der Waals surface area contributed by atoms with Gasteiger partial charge in [-0.25, -0.2) is 0 Å². The van der Waals surface area contributed by atoms with E-state index in [-0.39, 0.29) is 11.8 Å². The maximum Gasteiger partial charge on any atom is 0.271 e. The summed E-state index contributed by atoms with van der Waals surface area (Å²) in [6.45, 7) is 4.64. The van der Waals surface area contributed by atoms with Crippen LogP contribution in [0.3, 0.4) is 0 Å². The highest BCUT2D eigenvalue weighted by molar-refractivity contribution is 5.92. The summed E-state index contributed by atoms with van der Waals surface area (Å²) in [6, 6.07) is 1.72. The Labute approximate surface area is 147 Å². The van der Waals surface area contributed by atoms with Crippen molar-refractivity contribution < 1.29 is 4.79 Å². The minimum Gasteiger partial charge on any atom is -0.337 e. The van der Waals surface area contributed by atoms with E-state index in [2.05, 4.69) is 36.9 Å². The molecule has 2 saturated heterocycles. The van der Waals surface area contributed by atoms with Crippen LogP contribution in [0, 0.1) is 0 Å². The monoisotopic (exact) mass is 343 g/mol. The number of nitrogens with one attached hydrogen (secondary N) is 1. The van der Waals surface area contributed by atoms with Crippen molar-refractivity contribution in [1.29, 1.82) is 0 Å². The van der Waals surface area contributed by atoms with E-state index in [1.807, 2.05) is 4.90 Å². The average Bonchev–Trinajstić information content (AvgIpc) is 3.38. The van der Waals surface area contributed by atoms with Crippen LogP contribution in [0.1, 0.15) is 53.7 Å². The average molecular weight is 343 g/mol. The number of carbonyl (C=O) groups is 1. The molecular weight excluding hydrogens is 318 g/mol. The van der Waals surface area contributed by atoms with Crippen molar-refractivity contribution in [1.82, 2.24) is 34.8 Å². The molecule has 8 nitrogen and oxygen atoms in total. The van der Waals surface area contributed by atoms with Gasteiger partial charge in [0, 0.05) is 32.3 Å². The third kappa shape index (κ3) is 3.30. The largest absolute Gasteiger partial charge is 0.337 e. The van der Waals surface area contributed by atoms with Gasteiger partial charge < -0.3 is 9.47 Å². The molecule has 2 aliphatic heterocycles. The van der Waals surface area contributed by atoms with Crippen molar-refractivity contribution in [2.45, 2.75) is 38.1 Å². The lowest BCUT2D eigenvalue weighted by molar-refractivity contribution is 0.0697. The van der Waals surface area contributed by atoms with Crippen molar-refractivity contribution >= 4 is 5.91 Å². The van der Waals surface area contributed by atoms with Gasteiger partial charge >= 0.3 is 0 Å². The zero-order valence-electron chi connectivity index (χ0n) is 14.7. The lowest BCUT2D eigenvalue weighted by Crippen LogP contribution is -2.40. The van der Waals surface area contributed by atoms with Gasteiger partial charge in [0.15, 0.2) is 0 Å². The summed E-state index contributed by atoms with van der Waals surface area (Å²) in [6.07, 6.45) is 6.19. The summed E-state index contributed by atoms with van der Waals surface area (Å²) in [5.41, 5.74) is 0.549. The zero-order valence-corrected chi connectivity index (χ0v) is 14.7. The number of aromatic nitrogens is 5. The molecule has 1 atom stereocenters. The van der Waals surface area contributed by atoms with Crippen LogP contribution in [0.5, 0.6) is 0 Å². The third-order valence-corrected chi connectivity index (χ3v) is 5.37. The molecule has 0 aromatic carbocycles. The Hall–Kier alpha value is -2.22. The second kappa shape index (κ2) is 6.95. The first-order chi connectivity index (χ1) is 12.2. The van der Waals surface area contributed by atoms with E-state index in [4.69, 9.17) is 0 Å². The number of amides is 1. The van der Waals surface area contributed by atoms with Gasteiger partial charge in [0.1, 0.15) is 17.3 Å². The van der Waals surface area contributed by atoms with Gasteiger partial charge in [0.2, 0.25) is 0 Å². The van der Waals surface area contributed by atoms with Crippen LogP contribution >= 0.6 is 0 Å². The fourth-order valence-electron chi connectivity index (χ4n) is 3.93. The van der Waals surface area contributed by atoms with E-state index in [1.165, 1.54) is 12.8 Å². The van der Waals surface area contributed by atoms with Gasteiger partial charge in [-0.1, -0.05) is 0 Å². The van der Waals surface area contributed by atoms with Crippen molar-refractivity contribution in [2.75, 3.05) is 26.2 Å². The third-order valence-electron chi connectivity index (χ3n) is 5.37. The molecule has 2 aromatic heterocycles. The standard InChI is InChI=1S/C17H25N7O/c1-22-15(12-23-8-2-3-9-23)20-21-16(22)13-5-4-10-24(11-13)17(25)14-6-7-18-19-14/h6-7,13H,2-5,8-12H2,1H3,(H,18,19)/t13-/m0/s1. The summed E-state index contributed by atoms with van der Waals surface area (Å²) in [7, 11) is 2.05. The molecule has 134 valence electrons. The molecule has 1 N–H and O–H groups in total. The number of aromatic amines is 1. The van der Waals surface area contributed by atoms with Gasteiger partial charge in [0.25, 0.3) is 5.91 Å². The quantitative estimate of drug-likeness (QED) is 0.900. The molecule has 0 radical (unpaired) electrons. The molecular formula is C17H25N7O. The van der Waals surface area contributed by atoms with Gasteiger partial charge in [-0.2, -0.15) is 5.10 Å². The van der Waals surface area contributed by atoms with Crippen molar-refractivity contribution in [3.8, 4) is 0 Å². The number of rotatable bonds is 4. The molecule has 4 heterocycles. The molecule has 4 rings (SSSR count). The van der Waals surface area contributed by atoms with E-state index in [1.54, 1.807) is 12.3 Å². The first-order valence-corrected chi connectivity index (χ1v) is 9.11. The van der Waals surface area contributed by atoms with E-state index >= 15 is 0 Å². The maximum absolute atomic E-state index is 12.6. The smallest absolute Gasteiger partial charge is 0.271 e. The van der Waals surface area contributed by atoms with Crippen LogP contribution in [0.15, 0.2) is 12.3 Å². The Kier molecular flexibility index (Phi) is 4.52. The van der Waals surface area contributed by atoms with Gasteiger partial charge in [-0.05, 0) is 44.8 Å². The number of hydrogen-bond donors (Lipinski definition) is 1. The fourth-order valence-corrected chi connectivity index (χ4v) is 3.93. The molecule has 2 aliphatic rings. The van der Waals surface area contributed by atoms with Crippen LogP contribution in [0.2, 0.25) is 0 Å². The molecule has 0 bridgehead atoms. The Bertz CT molecular complexity index is 717. The van der Waals surface area contributed by atoms with E-state index in [9.17, 15) is 4.79 Å². The van der Waals surface area contributed by atoms with Crippen LogP contribution in [0.25, 0.3) is 0 Å².